The summed E-state index contributed by atoms with van der Waals surface area (Å²) in [5, 5.41) is 9.07. The number of carboxylic acid groups (broad SMARTS) is 1. The fourth-order valence-corrected chi connectivity index (χ4v) is 2.76. The number of nitrogens with zero attached hydrogens (tertiary/aromatic N) is 1. The van der Waals surface area contributed by atoms with E-state index in [-0.39, 0.29) is 24.6 Å². The first-order valence-corrected chi connectivity index (χ1v) is 9.24. The second-order valence-electron chi connectivity index (χ2n) is 6.45. The molecule has 0 aliphatic carbocycles. The molecular formula is C22H21ClF2N2O4. The van der Waals surface area contributed by atoms with E-state index in [4.69, 9.17) is 20.3 Å². The van der Waals surface area contributed by atoms with Crippen LogP contribution in [-0.2, 0) is 11.3 Å². The van der Waals surface area contributed by atoms with Gasteiger partial charge in [0.1, 0.15) is 5.75 Å². The summed E-state index contributed by atoms with van der Waals surface area (Å²) in [4.78, 5) is 14.8. The van der Waals surface area contributed by atoms with Crippen LogP contribution in [0.4, 0.5) is 8.78 Å². The molecule has 0 aliphatic rings. The van der Waals surface area contributed by atoms with Gasteiger partial charge in [-0.2, -0.15) is 4.98 Å². The van der Waals surface area contributed by atoms with Crippen LogP contribution in [0.25, 0.3) is 11.1 Å². The molecule has 3 aromatic rings. The molecule has 0 saturated carbocycles. The molecule has 9 heteroatoms. The average Bonchev–Trinajstić information content (AvgIpc) is 2.74. The van der Waals surface area contributed by atoms with Crippen molar-refractivity contribution in [1.29, 1.82) is 0 Å². The van der Waals surface area contributed by atoms with E-state index in [1.54, 1.807) is 25.1 Å². The van der Waals surface area contributed by atoms with Gasteiger partial charge >= 0.3 is 5.97 Å². The summed E-state index contributed by atoms with van der Waals surface area (Å²) in [6.45, 7) is 1.95. The maximum absolute atomic E-state index is 14.2. The molecular weight excluding hydrogens is 430 g/mol. The second kappa shape index (κ2) is 10.7. The SMILES string of the molecule is CC[C@@H](Oc1nc(Oc2cccc(-c3cccc(CN)c3)c2)c(F)cc1F)C(=O)O.Cl. The van der Waals surface area contributed by atoms with Crippen LogP contribution in [0.2, 0.25) is 0 Å². The van der Waals surface area contributed by atoms with Gasteiger partial charge in [-0.1, -0.05) is 37.3 Å². The fourth-order valence-electron chi connectivity index (χ4n) is 2.76. The lowest BCUT2D eigenvalue weighted by Crippen LogP contribution is -2.26. The summed E-state index contributed by atoms with van der Waals surface area (Å²) in [5.74, 6) is -4.35. The van der Waals surface area contributed by atoms with Gasteiger partial charge in [-0.05, 0) is 41.3 Å². The lowest BCUT2D eigenvalue weighted by molar-refractivity contribution is -0.145. The summed E-state index contributed by atoms with van der Waals surface area (Å²) in [6, 6.07) is 15.0. The quantitative estimate of drug-likeness (QED) is 0.504. The maximum atomic E-state index is 14.2. The number of halogens is 3. The Labute approximate surface area is 184 Å². The van der Waals surface area contributed by atoms with Crippen LogP contribution in [0.5, 0.6) is 17.5 Å². The second-order valence-corrected chi connectivity index (χ2v) is 6.45. The van der Waals surface area contributed by atoms with Crippen LogP contribution in [0.15, 0.2) is 54.6 Å². The van der Waals surface area contributed by atoms with Gasteiger partial charge in [-0.15, -0.1) is 12.4 Å². The van der Waals surface area contributed by atoms with Gasteiger partial charge in [0.2, 0.25) is 0 Å². The molecule has 31 heavy (non-hydrogen) atoms. The smallest absolute Gasteiger partial charge is 0.344 e. The van der Waals surface area contributed by atoms with Crippen molar-refractivity contribution in [2.75, 3.05) is 0 Å². The summed E-state index contributed by atoms with van der Waals surface area (Å²) in [5.41, 5.74) is 8.34. The Hall–Kier alpha value is -3.23. The number of hydrogen-bond donors (Lipinski definition) is 2. The zero-order valence-corrected chi connectivity index (χ0v) is 17.4. The van der Waals surface area contributed by atoms with Crippen molar-refractivity contribution < 1.29 is 28.2 Å². The van der Waals surface area contributed by atoms with Crippen molar-refractivity contribution in [3.8, 4) is 28.6 Å². The molecule has 1 heterocycles. The van der Waals surface area contributed by atoms with Crippen molar-refractivity contribution >= 4 is 18.4 Å². The topological polar surface area (TPSA) is 94.7 Å². The van der Waals surface area contributed by atoms with E-state index in [1.807, 2.05) is 30.3 Å². The molecule has 0 unspecified atom stereocenters. The molecule has 0 saturated heterocycles. The van der Waals surface area contributed by atoms with Gasteiger partial charge in [-0.25, -0.2) is 13.6 Å². The fraction of sp³-hybridized carbons (Fsp3) is 0.182. The molecule has 3 N–H and O–H groups in total. The van der Waals surface area contributed by atoms with E-state index in [0.29, 0.717) is 12.6 Å². The van der Waals surface area contributed by atoms with E-state index in [1.165, 1.54) is 0 Å². The number of hydrogen-bond acceptors (Lipinski definition) is 5. The van der Waals surface area contributed by atoms with Gasteiger partial charge in [-0.3, -0.25) is 0 Å². The third-order valence-corrected chi connectivity index (χ3v) is 4.31. The molecule has 2 aromatic carbocycles. The van der Waals surface area contributed by atoms with Crippen molar-refractivity contribution in [3.63, 3.8) is 0 Å². The molecule has 1 aromatic heterocycles. The Morgan fingerprint density at radius 3 is 2.35 bits per heavy atom. The van der Waals surface area contributed by atoms with Crippen molar-refractivity contribution in [2.45, 2.75) is 26.0 Å². The monoisotopic (exact) mass is 450 g/mol. The summed E-state index contributed by atoms with van der Waals surface area (Å²) >= 11 is 0. The first-order chi connectivity index (χ1) is 14.4. The maximum Gasteiger partial charge on any atom is 0.344 e. The van der Waals surface area contributed by atoms with E-state index in [0.717, 1.165) is 16.7 Å². The third-order valence-electron chi connectivity index (χ3n) is 4.31. The highest BCUT2D eigenvalue weighted by molar-refractivity contribution is 5.85. The van der Waals surface area contributed by atoms with Gasteiger partial charge in [0.25, 0.3) is 11.8 Å². The van der Waals surface area contributed by atoms with Crippen LogP contribution < -0.4 is 15.2 Å². The number of aromatic nitrogens is 1. The molecule has 0 amide bonds. The predicted octanol–water partition coefficient (Wildman–Crippen LogP) is 4.94. The minimum atomic E-state index is -1.32. The van der Waals surface area contributed by atoms with Crippen molar-refractivity contribution in [1.82, 2.24) is 4.98 Å². The van der Waals surface area contributed by atoms with Gasteiger partial charge in [0.05, 0.1) is 0 Å². The van der Waals surface area contributed by atoms with Crippen molar-refractivity contribution in [2.24, 2.45) is 5.73 Å². The molecule has 0 aliphatic heterocycles. The summed E-state index contributed by atoms with van der Waals surface area (Å²) < 4.78 is 38.8. The van der Waals surface area contributed by atoms with Crippen LogP contribution in [0.3, 0.4) is 0 Å². The lowest BCUT2D eigenvalue weighted by Gasteiger charge is -2.14. The van der Waals surface area contributed by atoms with Gasteiger partial charge in [0.15, 0.2) is 17.7 Å². The first kappa shape index (κ1) is 24.0. The van der Waals surface area contributed by atoms with Crippen LogP contribution >= 0.6 is 12.4 Å². The molecule has 0 fully saturated rings. The number of carboxylic acids is 1. The minimum absolute atomic E-state index is 0. The molecule has 0 bridgehead atoms. The molecule has 0 spiro atoms. The predicted molar refractivity (Wildman–Crippen MR) is 114 cm³/mol. The zero-order chi connectivity index (χ0) is 21.7. The van der Waals surface area contributed by atoms with Crippen LogP contribution in [-0.4, -0.2) is 22.2 Å². The molecule has 3 rings (SSSR count). The standard InChI is InChI=1S/C22H20F2N2O4.ClH/c1-2-19(22(27)28)30-21-18(24)11-17(23)20(26-21)29-16-8-4-7-15(10-16)14-6-3-5-13(9-14)12-25;/h3-11,19H,2,12,25H2,1H3,(H,27,28);1H/t19-;/m1./s1. The van der Waals surface area contributed by atoms with E-state index >= 15 is 0 Å². The highest BCUT2D eigenvalue weighted by Gasteiger charge is 2.22. The van der Waals surface area contributed by atoms with E-state index < -0.39 is 35.5 Å². The largest absolute Gasteiger partial charge is 0.479 e. The van der Waals surface area contributed by atoms with E-state index in [2.05, 4.69) is 4.98 Å². The number of pyridine rings is 1. The molecule has 0 radical (unpaired) electrons. The number of carbonyl (C=O) groups is 1. The van der Waals surface area contributed by atoms with Gasteiger partial charge < -0.3 is 20.3 Å². The third kappa shape index (κ3) is 5.90. The number of ether oxygens (including phenoxy) is 2. The number of nitrogens with two attached hydrogens (primary N) is 1. The Morgan fingerprint density at radius 2 is 1.71 bits per heavy atom. The number of benzene rings is 2. The van der Waals surface area contributed by atoms with Gasteiger partial charge in [0, 0.05) is 12.6 Å². The number of aliphatic carboxylic acids is 1. The van der Waals surface area contributed by atoms with Crippen LogP contribution in [0, 0.1) is 11.6 Å². The Kier molecular flexibility index (Phi) is 8.30. The number of rotatable bonds is 8. The lowest BCUT2D eigenvalue weighted by atomic mass is 10.0. The molecule has 164 valence electrons. The van der Waals surface area contributed by atoms with Crippen LogP contribution in [0.1, 0.15) is 18.9 Å². The normalized spacial score (nSPS) is 11.4. The van der Waals surface area contributed by atoms with E-state index in [9.17, 15) is 13.6 Å². The zero-order valence-electron chi connectivity index (χ0n) is 16.5. The highest BCUT2D eigenvalue weighted by atomic mass is 35.5. The Bertz CT molecular complexity index is 1070. The Morgan fingerprint density at radius 1 is 1.06 bits per heavy atom. The summed E-state index contributed by atoms with van der Waals surface area (Å²) in [7, 11) is 0. The molecule has 1 atom stereocenters. The first-order valence-electron chi connectivity index (χ1n) is 9.24. The summed E-state index contributed by atoms with van der Waals surface area (Å²) in [6.07, 6.45) is -1.24. The average molecular weight is 451 g/mol. The Balaban J connectivity index is 0.00000341. The highest BCUT2D eigenvalue weighted by Crippen LogP contribution is 2.30. The van der Waals surface area contributed by atoms with Crippen molar-refractivity contribution in [3.05, 3.63) is 71.8 Å². The molecule has 6 nitrogen and oxygen atoms in total. The minimum Gasteiger partial charge on any atom is -0.479 e.